The molecule has 0 aliphatic carbocycles. The number of hydrogen-bond acceptors (Lipinski definition) is 6. The summed E-state index contributed by atoms with van der Waals surface area (Å²) in [5, 5.41) is 6.22. The van der Waals surface area contributed by atoms with Gasteiger partial charge in [-0.2, -0.15) is 0 Å². The van der Waals surface area contributed by atoms with Gasteiger partial charge in [-0.3, -0.25) is 4.79 Å². The Morgan fingerprint density at radius 2 is 1.83 bits per heavy atom. The van der Waals surface area contributed by atoms with Crippen LogP contribution in [0.2, 0.25) is 5.02 Å². The number of nitrogens with one attached hydrogen (secondary N) is 2. The van der Waals surface area contributed by atoms with Crippen molar-refractivity contribution in [3.63, 3.8) is 0 Å². The molecule has 7 nitrogen and oxygen atoms in total. The summed E-state index contributed by atoms with van der Waals surface area (Å²) >= 11 is 6.07. The third-order valence-corrected chi connectivity index (χ3v) is 3.47. The first-order valence-corrected chi connectivity index (χ1v) is 7.75. The number of rotatable bonds is 7. The molecule has 2 N–H and O–H groups in total. The molecule has 0 spiro atoms. The van der Waals surface area contributed by atoms with Gasteiger partial charge < -0.3 is 20.1 Å². The summed E-state index contributed by atoms with van der Waals surface area (Å²) in [6.45, 7) is 2.60. The molecule has 0 bridgehead atoms. The molecule has 0 radical (unpaired) electrons. The van der Waals surface area contributed by atoms with E-state index in [-0.39, 0.29) is 5.91 Å². The molecule has 1 aromatic heterocycles. The number of anilines is 2. The molecule has 8 heteroatoms. The summed E-state index contributed by atoms with van der Waals surface area (Å²) in [4.78, 5) is 20.1. The fourth-order valence-electron chi connectivity index (χ4n) is 1.93. The van der Waals surface area contributed by atoms with E-state index in [2.05, 4.69) is 20.6 Å². The van der Waals surface area contributed by atoms with Gasteiger partial charge in [-0.25, -0.2) is 9.97 Å². The van der Waals surface area contributed by atoms with Gasteiger partial charge in [-0.05, 0) is 6.42 Å². The van der Waals surface area contributed by atoms with Crippen molar-refractivity contribution in [1.82, 2.24) is 15.3 Å². The summed E-state index contributed by atoms with van der Waals surface area (Å²) in [7, 11) is 3.06. The summed E-state index contributed by atoms with van der Waals surface area (Å²) in [5.41, 5.74) is 0.997. The minimum absolute atomic E-state index is 0.200. The van der Waals surface area contributed by atoms with E-state index in [9.17, 15) is 4.79 Å². The fraction of sp³-hybridized carbons (Fsp3) is 0.312. The van der Waals surface area contributed by atoms with Gasteiger partial charge in [0.1, 0.15) is 11.5 Å². The monoisotopic (exact) mass is 350 g/mol. The molecule has 24 heavy (non-hydrogen) atoms. The first-order valence-electron chi connectivity index (χ1n) is 7.37. The zero-order chi connectivity index (χ0) is 17.5. The van der Waals surface area contributed by atoms with Gasteiger partial charge in [0.15, 0.2) is 0 Å². The lowest BCUT2D eigenvalue weighted by atomic mass is 10.2. The first-order chi connectivity index (χ1) is 11.6. The zero-order valence-corrected chi connectivity index (χ0v) is 14.5. The van der Waals surface area contributed by atoms with Gasteiger partial charge in [-0.15, -0.1) is 0 Å². The lowest BCUT2D eigenvalue weighted by Gasteiger charge is -2.13. The number of hydrogen-bond donors (Lipinski definition) is 2. The maximum atomic E-state index is 11.8. The Kier molecular flexibility index (Phi) is 6.20. The first kappa shape index (κ1) is 17.8. The van der Waals surface area contributed by atoms with Gasteiger partial charge in [0, 0.05) is 31.1 Å². The second-order valence-electron chi connectivity index (χ2n) is 4.86. The molecule has 1 amide bonds. The van der Waals surface area contributed by atoms with Crippen LogP contribution in [-0.4, -0.2) is 36.6 Å². The number of carbonyl (C=O) groups is 1. The molecular formula is C16H19ClN4O3. The number of halogens is 1. The van der Waals surface area contributed by atoms with Crippen molar-refractivity contribution in [3.05, 3.63) is 35.1 Å². The van der Waals surface area contributed by atoms with Crippen LogP contribution in [0.3, 0.4) is 0 Å². The van der Waals surface area contributed by atoms with Gasteiger partial charge in [-0.1, -0.05) is 18.5 Å². The molecule has 128 valence electrons. The number of benzene rings is 1. The summed E-state index contributed by atoms with van der Waals surface area (Å²) in [6, 6.07) is 3.32. The quantitative estimate of drug-likeness (QED) is 0.798. The number of carbonyl (C=O) groups excluding carboxylic acids is 1. The largest absolute Gasteiger partial charge is 0.495 e. The normalized spacial score (nSPS) is 10.2. The van der Waals surface area contributed by atoms with Crippen molar-refractivity contribution in [2.45, 2.75) is 13.3 Å². The number of ether oxygens (including phenoxy) is 2. The maximum Gasteiger partial charge on any atom is 0.254 e. The summed E-state index contributed by atoms with van der Waals surface area (Å²) in [5.74, 6) is 1.14. The van der Waals surface area contributed by atoms with Crippen molar-refractivity contribution < 1.29 is 14.3 Å². The Balaban J connectivity index is 2.18. The van der Waals surface area contributed by atoms with E-state index in [1.807, 2.05) is 6.92 Å². The number of amides is 1. The van der Waals surface area contributed by atoms with Gasteiger partial charge in [0.25, 0.3) is 5.91 Å². The van der Waals surface area contributed by atoms with Crippen LogP contribution in [-0.2, 0) is 0 Å². The Labute approximate surface area is 145 Å². The highest BCUT2D eigenvalue weighted by Gasteiger charge is 2.12. The summed E-state index contributed by atoms with van der Waals surface area (Å²) < 4.78 is 10.5. The van der Waals surface area contributed by atoms with Crippen molar-refractivity contribution in [2.75, 3.05) is 26.1 Å². The number of nitrogens with zero attached hydrogens (tertiary/aromatic N) is 2. The van der Waals surface area contributed by atoms with Crippen molar-refractivity contribution >= 4 is 29.1 Å². The van der Waals surface area contributed by atoms with Gasteiger partial charge in [0.05, 0.1) is 30.5 Å². The average molecular weight is 351 g/mol. The van der Waals surface area contributed by atoms with Crippen molar-refractivity contribution in [2.24, 2.45) is 0 Å². The van der Waals surface area contributed by atoms with E-state index >= 15 is 0 Å². The smallest absolute Gasteiger partial charge is 0.254 e. The van der Waals surface area contributed by atoms with Crippen LogP contribution in [0, 0.1) is 0 Å². The molecule has 1 heterocycles. The maximum absolute atomic E-state index is 11.8. The minimum atomic E-state index is -0.200. The van der Waals surface area contributed by atoms with E-state index in [4.69, 9.17) is 21.1 Å². The van der Waals surface area contributed by atoms with E-state index in [1.54, 1.807) is 12.1 Å². The number of aromatic nitrogens is 2. The topological polar surface area (TPSA) is 85.4 Å². The van der Waals surface area contributed by atoms with Crippen LogP contribution in [0.5, 0.6) is 11.5 Å². The van der Waals surface area contributed by atoms with Crippen LogP contribution in [0.25, 0.3) is 0 Å². The third kappa shape index (κ3) is 4.26. The highest BCUT2D eigenvalue weighted by molar-refractivity contribution is 6.32. The third-order valence-electron chi connectivity index (χ3n) is 3.17. The van der Waals surface area contributed by atoms with Crippen LogP contribution < -0.4 is 20.1 Å². The Hall–Kier alpha value is -2.54. The van der Waals surface area contributed by atoms with Crippen LogP contribution in [0.15, 0.2) is 24.5 Å². The Bertz CT molecular complexity index is 707. The van der Waals surface area contributed by atoms with E-state index in [0.717, 1.165) is 6.42 Å². The van der Waals surface area contributed by atoms with Crippen molar-refractivity contribution in [1.29, 1.82) is 0 Å². The molecule has 2 rings (SSSR count). The molecule has 0 saturated heterocycles. The second kappa shape index (κ2) is 8.35. The fourth-order valence-corrected chi connectivity index (χ4v) is 2.16. The highest BCUT2D eigenvalue weighted by atomic mass is 35.5. The van der Waals surface area contributed by atoms with Crippen LogP contribution in [0.4, 0.5) is 11.6 Å². The number of methoxy groups -OCH3 is 2. The molecule has 0 unspecified atom stereocenters. The lowest BCUT2D eigenvalue weighted by molar-refractivity contribution is 0.0953. The molecule has 0 fully saturated rings. The lowest BCUT2D eigenvalue weighted by Crippen LogP contribution is -2.24. The Morgan fingerprint density at radius 3 is 2.42 bits per heavy atom. The van der Waals surface area contributed by atoms with E-state index < -0.39 is 0 Å². The van der Waals surface area contributed by atoms with Crippen LogP contribution in [0.1, 0.15) is 23.7 Å². The molecule has 0 aliphatic heterocycles. The van der Waals surface area contributed by atoms with Crippen molar-refractivity contribution in [3.8, 4) is 11.5 Å². The average Bonchev–Trinajstić information content (AvgIpc) is 2.61. The van der Waals surface area contributed by atoms with E-state index in [0.29, 0.717) is 40.3 Å². The molecular weight excluding hydrogens is 332 g/mol. The van der Waals surface area contributed by atoms with Crippen LogP contribution >= 0.6 is 11.6 Å². The molecule has 2 aromatic rings. The zero-order valence-electron chi connectivity index (χ0n) is 13.7. The Morgan fingerprint density at radius 1 is 1.17 bits per heavy atom. The molecule has 0 aliphatic rings. The SMILES string of the molecule is CCCNC(=O)c1cnc(Nc2cc(OC)c(Cl)cc2OC)nc1. The predicted molar refractivity (Wildman–Crippen MR) is 92.5 cm³/mol. The minimum Gasteiger partial charge on any atom is -0.495 e. The standard InChI is InChI=1S/C16H19ClN4O3/c1-4-5-18-15(22)10-8-19-16(20-9-10)21-12-7-13(23-2)11(17)6-14(12)24-3/h6-9H,4-5H2,1-3H3,(H,18,22)(H,19,20,21). The highest BCUT2D eigenvalue weighted by Crippen LogP contribution is 2.36. The molecule has 1 aromatic carbocycles. The second-order valence-corrected chi connectivity index (χ2v) is 5.27. The van der Waals surface area contributed by atoms with Gasteiger partial charge >= 0.3 is 0 Å². The molecule has 0 saturated carbocycles. The molecule has 0 atom stereocenters. The predicted octanol–water partition coefficient (Wildman–Crippen LogP) is 3.03. The summed E-state index contributed by atoms with van der Waals surface area (Å²) in [6.07, 6.45) is 3.78. The van der Waals surface area contributed by atoms with E-state index in [1.165, 1.54) is 26.6 Å². The van der Waals surface area contributed by atoms with Gasteiger partial charge in [0.2, 0.25) is 5.95 Å².